The maximum atomic E-state index is 12.0. The highest BCUT2D eigenvalue weighted by Crippen LogP contribution is 2.38. The number of hydrazine groups is 1. The van der Waals surface area contributed by atoms with Gasteiger partial charge in [0.15, 0.2) is 6.61 Å². The summed E-state index contributed by atoms with van der Waals surface area (Å²) >= 11 is 6.11. The van der Waals surface area contributed by atoms with Gasteiger partial charge in [-0.2, -0.15) is 0 Å². The van der Waals surface area contributed by atoms with E-state index in [1.807, 2.05) is 6.07 Å². The molecule has 25 heavy (non-hydrogen) atoms. The number of methoxy groups -OCH3 is 1. The molecule has 130 valence electrons. The van der Waals surface area contributed by atoms with Crippen molar-refractivity contribution in [3.8, 4) is 11.6 Å². The molecule has 0 spiro atoms. The smallest absolute Gasteiger partial charge is 0.276 e. The standard InChI is InChI=1S/C16H15ClN4O4/c1-24-11-4-2-3-10(7-11)15-14(17)16(23)21(15)20-12(22)9-25-13-8-18-5-6-19-13/h2-8,14-15H,9H2,1H3,(H,20,22). The van der Waals surface area contributed by atoms with Crippen molar-refractivity contribution in [2.75, 3.05) is 13.7 Å². The number of rotatable bonds is 6. The Morgan fingerprint density at radius 3 is 2.96 bits per heavy atom. The number of amides is 2. The maximum absolute atomic E-state index is 12.0. The van der Waals surface area contributed by atoms with Crippen LogP contribution in [0.15, 0.2) is 42.9 Å². The van der Waals surface area contributed by atoms with Crippen molar-refractivity contribution < 1.29 is 19.1 Å². The first kappa shape index (κ1) is 17.0. The molecule has 0 bridgehead atoms. The second-order valence-corrected chi connectivity index (χ2v) is 5.67. The van der Waals surface area contributed by atoms with Gasteiger partial charge in [0.1, 0.15) is 17.2 Å². The van der Waals surface area contributed by atoms with E-state index >= 15 is 0 Å². The van der Waals surface area contributed by atoms with Gasteiger partial charge in [0, 0.05) is 12.4 Å². The van der Waals surface area contributed by atoms with E-state index in [0.29, 0.717) is 5.75 Å². The molecule has 1 aliphatic rings. The average Bonchev–Trinajstić information content (AvgIpc) is 2.66. The Labute approximate surface area is 148 Å². The van der Waals surface area contributed by atoms with Crippen LogP contribution in [0.25, 0.3) is 0 Å². The number of ether oxygens (including phenoxy) is 2. The molecule has 2 aromatic rings. The molecule has 8 nitrogen and oxygen atoms in total. The molecular weight excluding hydrogens is 348 g/mol. The number of carbonyl (C=O) groups is 2. The van der Waals surface area contributed by atoms with E-state index in [0.717, 1.165) is 5.56 Å². The van der Waals surface area contributed by atoms with Crippen LogP contribution in [0, 0.1) is 0 Å². The predicted octanol–water partition coefficient (Wildman–Crippen LogP) is 1.09. The molecule has 2 atom stereocenters. The van der Waals surface area contributed by atoms with Crippen molar-refractivity contribution in [3.05, 3.63) is 48.4 Å². The lowest BCUT2D eigenvalue weighted by Crippen LogP contribution is -2.63. The topological polar surface area (TPSA) is 93.7 Å². The number of nitrogens with zero attached hydrogens (tertiary/aromatic N) is 3. The summed E-state index contributed by atoms with van der Waals surface area (Å²) in [5, 5.41) is 0.433. The lowest BCUT2D eigenvalue weighted by molar-refractivity contribution is -0.157. The van der Waals surface area contributed by atoms with Crippen LogP contribution in [0.4, 0.5) is 0 Å². The van der Waals surface area contributed by atoms with Gasteiger partial charge in [0.2, 0.25) is 5.88 Å². The minimum Gasteiger partial charge on any atom is -0.497 e. The molecule has 1 aliphatic heterocycles. The third-order valence-corrected chi connectivity index (χ3v) is 4.03. The molecule has 9 heteroatoms. The summed E-state index contributed by atoms with van der Waals surface area (Å²) < 4.78 is 10.4. The molecule has 1 N–H and O–H groups in total. The van der Waals surface area contributed by atoms with E-state index in [4.69, 9.17) is 21.1 Å². The molecule has 1 aromatic heterocycles. The van der Waals surface area contributed by atoms with Crippen molar-refractivity contribution in [2.45, 2.75) is 11.4 Å². The van der Waals surface area contributed by atoms with Crippen LogP contribution in [0.5, 0.6) is 11.6 Å². The minimum absolute atomic E-state index is 0.215. The van der Waals surface area contributed by atoms with E-state index < -0.39 is 17.3 Å². The van der Waals surface area contributed by atoms with E-state index in [1.54, 1.807) is 25.3 Å². The Kier molecular flexibility index (Phi) is 4.99. The number of carbonyl (C=O) groups excluding carboxylic acids is 2. The summed E-state index contributed by atoms with van der Waals surface area (Å²) in [6, 6.07) is 6.67. The molecule has 3 rings (SSSR count). The molecule has 1 fully saturated rings. The minimum atomic E-state index is -0.756. The van der Waals surface area contributed by atoms with E-state index in [2.05, 4.69) is 15.4 Å². The van der Waals surface area contributed by atoms with E-state index in [-0.39, 0.29) is 18.4 Å². The fourth-order valence-corrected chi connectivity index (χ4v) is 2.75. The normalized spacial score (nSPS) is 19.1. The number of hydrogen-bond donors (Lipinski definition) is 1. The maximum Gasteiger partial charge on any atom is 0.276 e. The Bertz CT molecular complexity index is 774. The van der Waals surface area contributed by atoms with Crippen LogP contribution in [0.1, 0.15) is 11.6 Å². The highest BCUT2D eigenvalue weighted by atomic mass is 35.5. The molecule has 2 unspecified atom stereocenters. The fourth-order valence-electron chi connectivity index (χ4n) is 2.39. The van der Waals surface area contributed by atoms with E-state index in [9.17, 15) is 9.59 Å². The van der Waals surface area contributed by atoms with Gasteiger partial charge in [0.05, 0.1) is 13.3 Å². The Hall–Kier alpha value is -2.87. The van der Waals surface area contributed by atoms with Crippen LogP contribution in [-0.2, 0) is 9.59 Å². The van der Waals surface area contributed by atoms with Gasteiger partial charge in [0.25, 0.3) is 11.8 Å². The van der Waals surface area contributed by atoms with Gasteiger partial charge < -0.3 is 9.47 Å². The number of alkyl halides is 1. The van der Waals surface area contributed by atoms with Gasteiger partial charge in [-0.05, 0) is 17.7 Å². The van der Waals surface area contributed by atoms with Gasteiger partial charge in [-0.3, -0.25) is 20.0 Å². The zero-order chi connectivity index (χ0) is 17.8. The number of hydrogen-bond acceptors (Lipinski definition) is 6. The van der Waals surface area contributed by atoms with Crippen molar-refractivity contribution in [1.82, 2.24) is 20.4 Å². The highest BCUT2D eigenvalue weighted by Gasteiger charge is 2.48. The van der Waals surface area contributed by atoms with Crippen molar-refractivity contribution in [2.24, 2.45) is 0 Å². The number of benzene rings is 1. The van der Waals surface area contributed by atoms with Crippen LogP contribution in [-0.4, -0.2) is 45.9 Å². The summed E-state index contributed by atoms with van der Waals surface area (Å²) in [4.78, 5) is 31.7. The van der Waals surface area contributed by atoms with Crippen molar-refractivity contribution >= 4 is 23.4 Å². The molecule has 0 radical (unpaired) electrons. The molecule has 2 heterocycles. The zero-order valence-electron chi connectivity index (χ0n) is 13.3. The second-order valence-electron chi connectivity index (χ2n) is 5.20. The summed E-state index contributed by atoms with van der Waals surface area (Å²) in [5.74, 6) is -0.0389. The van der Waals surface area contributed by atoms with Gasteiger partial charge in [-0.1, -0.05) is 12.1 Å². The molecule has 2 amide bonds. The summed E-state index contributed by atoms with van der Waals surface area (Å²) in [7, 11) is 1.55. The van der Waals surface area contributed by atoms with Crippen LogP contribution in [0.2, 0.25) is 0 Å². The predicted molar refractivity (Wildman–Crippen MR) is 87.9 cm³/mol. The van der Waals surface area contributed by atoms with Crippen LogP contribution < -0.4 is 14.9 Å². The molecular formula is C16H15ClN4O4. The lowest BCUT2D eigenvalue weighted by atomic mass is 9.95. The third kappa shape index (κ3) is 3.63. The first-order valence-electron chi connectivity index (χ1n) is 7.39. The summed E-state index contributed by atoms with van der Waals surface area (Å²) in [6.07, 6.45) is 4.32. The fraction of sp³-hybridized carbons (Fsp3) is 0.250. The van der Waals surface area contributed by atoms with Gasteiger partial charge in [-0.25, -0.2) is 9.99 Å². The van der Waals surface area contributed by atoms with Gasteiger partial charge in [-0.15, -0.1) is 11.6 Å². The van der Waals surface area contributed by atoms with Gasteiger partial charge >= 0.3 is 0 Å². The average molecular weight is 363 g/mol. The zero-order valence-corrected chi connectivity index (χ0v) is 14.0. The highest BCUT2D eigenvalue weighted by molar-refractivity contribution is 6.33. The Morgan fingerprint density at radius 1 is 1.40 bits per heavy atom. The number of aromatic nitrogens is 2. The summed E-state index contributed by atoms with van der Waals surface area (Å²) in [6.45, 7) is -0.305. The molecule has 0 aliphatic carbocycles. The van der Waals surface area contributed by atoms with Crippen LogP contribution in [0.3, 0.4) is 0 Å². The molecule has 1 aromatic carbocycles. The van der Waals surface area contributed by atoms with E-state index in [1.165, 1.54) is 23.6 Å². The quantitative estimate of drug-likeness (QED) is 0.610. The summed E-state index contributed by atoms with van der Waals surface area (Å²) in [5.41, 5.74) is 3.26. The Morgan fingerprint density at radius 2 is 2.24 bits per heavy atom. The van der Waals surface area contributed by atoms with Crippen molar-refractivity contribution in [3.63, 3.8) is 0 Å². The third-order valence-electron chi connectivity index (χ3n) is 3.60. The van der Waals surface area contributed by atoms with Crippen molar-refractivity contribution in [1.29, 1.82) is 0 Å². The Balaban J connectivity index is 1.63. The molecule has 1 saturated heterocycles. The number of nitrogens with one attached hydrogen (secondary N) is 1. The largest absolute Gasteiger partial charge is 0.497 e. The molecule has 0 saturated carbocycles. The number of β-lactam (4-membered cyclic amide) rings is 1. The second kappa shape index (κ2) is 7.35. The lowest BCUT2D eigenvalue weighted by Gasteiger charge is -2.43. The number of halogens is 1. The first-order valence-corrected chi connectivity index (χ1v) is 7.83. The monoisotopic (exact) mass is 362 g/mol. The first-order chi connectivity index (χ1) is 12.1. The SMILES string of the molecule is COc1cccc(C2C(Cl)C(=O)N2NC(=O)COc2cnccn2)c1. The van der Waals surface area contributed by atoms with Crippen LogP contribution >= 0.6 is 11.6 Å².